The van der Waals surface area contributed by atoms with Crippen LogP contribution in [0.15, 0.2) is 24.3 Å². The van der Waals surface area contributed by atoms with E-state index < -0.39 is 5.12 Å². The lowest BCUT2D eigenvalue weighted by molar-refractivity contribution is 0.112. The summed E-state index contributed by atoms with van der Waals surface area (Å²) >= 11 is 5.97. The zero-order chi connectivity index (χ0) is 8.60. The lowest BCUT2D eigenvalue weighted by Crippen LogP contribution is -2.08. The molecule has 0 saturated carbocycles. The smallest absolute Gasteiger partial charge is 0.198 e. The maximum absolute atomic E-state index is 10.6. The highest BCUT2D eigenvalue weighted by atomic mass is 35.5. The molecule has 0 aromatic heterocycles. The van der Waals surface area contributed by atoms with Crippen LogP contribution in [-0.4, -0.2) is 6.29 Å². The van der Waals surface area contributed by atoms with Crippen molar-refractivity contribution < 1.29 is 4.79 Å². The van der Waals surface area contributed by atoms with Crippen molar-refractivity contribution >= 4 is 17.9 Å². The summed E-state index contributed by atoms with van der Waals surface area (Å²) in [7, 11) is 0. The van der Waals surface area contributed by atoms with Crippen LogP contribution in [0.1, 0.15) is 15.9 Å². The Kier molecular flexibility index (Phi) is 1.65. The first-order valence-electron chi connectivity index (χ1n) is 3.54. The molecule has 2 N–H and O–H groups in total. The van der Waals surface area contributed by atoms with E-state index in [4.69, 9.17) is 11.6 Å². The van der Waals surface area contributed by atoms with Crippen molar-refractivity contribution in [3.63, 3.8) is 0 Å². The molecule has 1 aromatic rings. The monoisotopic (exact) mass is 182 g/mol. The van der Waals surface area contributed by atoms with Crippen LogP contribution < -0.4 is 10.9 Å². The van der Waals surface area contributed by atoms with Gasteiger partial charge in [-0.3, -0.25) is 4.79 Å². The predicted octanol–water partition coefficient (Wildman–Crippen LogP) is 0.956. The third-order valence-corrected chi connectivity index (χ3v) is 2.20. The van der Waals surface area contributed by atoms with Crippen LogP contribution in [-0.2, 0) is 5.12 Å². The Morgan fingerprint density at radius 3 is 2.58 bits per heavy atom. The average Bonchev–Trinajstić information content (AvgIpc) is 2.85. The number of rotatable bonds is 2. The number of carbonyl (C=O) groups is 1. The molecule has 0 aliphatic carbocycles. The summed E-state index contributed by atoms with van der Waals surface area (Å²) in [5, 5.41) is -0.725. The fourth-order valence-corrected chi connectivity index (χ4v) is 1.32. The summed E-state index contributed by atoms with van der Waals surface area (Å²) in [5.41, 5.74) is 6.88. The first kappa shape index (κ1) is 7.73. The van der Waals surface area contributed by atoms with Crippen molar-refractivity contribution in [3.8, 4) is 0 Å². The van der Waals surface area contributed by atoms with Gasteiger partial charge in [-0.25, -0.2) is 10.9 Å². The van der Waals surface area contributed by atoms with Gasteiger partial charge in [0.2, 0.25) is 0 Å². The van der Waals surface area contributed by atoms with Crippen molar-refractivity contribution in [2.45, 2.75) is 5.12 Å². The number of benzene rings is 1. The minimum Gasteiger partial charge on any atom is -0.298 e. The zero-order valence-corrected chi connectivity index (χ0v) is 6.93. The molecule has 1 saturated heterocycles. The third kappa shape index (κ3) is 1.12. The second kappa shape index (κ2) is 2.55. The quantitative estimate of drug-likeness (QED) is 0.310. The highest BCUT2D eigenvalue weighted by molar-refractivity contribution is 6.25. The maximum atomic E-state index is 10.6. The normalized spacial score (nSPS) is 18.8. The molecule has 4 heteroatoms. The Morgan fingerprint density at radius 1 is 1.33 bits per heavy atom. The van der Waals surface area contributed by atoms with E-state index in [0.29, 0.717) is 5.56 Å². The van der Waals surface area contributed by atoms with E-state index in [2.05, 4.69) is 10.9 Å². The summed E-state index contributed by atoms with van der Waals surface area (Å²) in [4.78, 5) is 10.6. The molecule has 1 fully saturated rings. The molecule has 0 atom stereocenters. The summed E-state index contributed by atoms with van der Waals surface area (Å²) in [6, 6.07) is 7.18. The van der Waals surface area contributed by atoms with E-state index in [0.717, 1.165) is 11.8 Å². The van der Waals surface area contributed by atoms with Crippen molar-refractivity contribution in [3.05, 3.63) is 35.4 Å². The van der Waals surface area contributed by atoms with Crippen LogP contribution >= 0.6 is 11.6 Å². The van der Waals surface area contributed by atoms with Gasteiger partial charge in [-0.15, -0.1) is 0 Å². The van der Waals surface area contributed by atoms with Gasteiger partial charge in [0.1, 0.15) is 6.29 Å². The fraction of sp³-hybridized carbons (Fsp3) is 0.125. The van der Waals surface area contributed by atoms with Gasteiger partial charge in [0.25, 0.3) is 0 Å². The Labute approximate surface area is 74.7 Å². The fourth-order valence-electron chi connectivity index (χ4n) is 1.10. The lowest BCUT2D eigenvalue weighted by Gasteiger charge is -2.04. The maximum Gasteiger partial charge on any atom is 0.198 e. The predicted molar refractivity (Wildman–Crippen MR) is 45.6 cm³/mol. The van der Waals surface area contributed by atoms with Gasteiger partial charge < -0.3 is 0 Å². The van der Waals surface area contributed by atoms with Crippen molar-refractivity contribution in [2.75, 3.05) is 0 Å². The summed E-state index contributed by atoms with van der Waals surface area (Å²) < 4.78 is 0. The van der Waals surface area contributed by atoms with E-state index in [1.54, 1.807) is 12.1 Å². The highest BCUT2D eigenvalue weighted by Crippen LogP contribution is 2.31. The molecule has 2 rings (SSSR count). The molecular weight excluding hydrogens is 176 g/mol. The van der Waals surface area contributed by atoms with Crippen LogP contribution in [0.3, 0.4) is 0 Å². The van der Waals surface area contributed by atoms with E-state index in [1.807, 2.05) is 12.1 Å². The Morgan fingerprint density at radius 2 is 2.00 bits per heavy atom. The van der Waals surface area contributed by atoms with Gasteiger partial charge >= 0.3 is 0 Å². The Bertz CT molecular complexity index is 323. The van der Waals surface area contributed by atoms with Gasteiger partial charge in [-0.05, 0) is 0 Å². The molecule has 1 aromatic carbocycles. The summed E-state index contributed by atoms with van der Waals surface area (Å²) in [5.74, 6) is 0. The first-order valence-corrected chi connectivity index (χ1v) is 3.92. The third-order valence-electron chi connectivity index (χ3n) is 1.80. The molecule has 1 heterocycles. The van der Waals surface area contributed by atoms with Crippen LogP contribution in [0.4, 0.5) is 0 Å². The van der Waals surface area contributed by atoms with Crippen LogP contribution in [0.2, 0.25) is 0 Å². The van der Waals surface area contributed by atoms with Gasteiger partial charge in [0.05, 0.1) is 0 Å². The van der Waals surface area contributed by atoms with Gasteiger partial charge in [-0.1, -0.05) is 35.9 Å². The van der Waals surface area contributed by atoms with Gasteiger partial charge in [0, 0.05) is 11.1 Å². The molecule has 1 aliphatic heterocycles. The number of hydrazine groups is 1. The minimum absolute atomic E-state index is 0.602. The Hall–Kier alpha value is -0.900. The molecule has 3 nitrogen and oxygen atoms in total. The number of alkyl halides is 1. The number of aldehydes is 1. The van der Waals surface area contributed by atoms with E-state index in [1.165, 1.54) is 0 Å². The molecule has 0 unspecified atom stereocenters. The summed E-state index contributed by atoms with van der Waals surface area (Å²) in [6.07, 6.45) is 0.793. The molecule has 0 spiro atoms. The SMILES string of the molecule is O=Cc1ccccc1C1(Cl)NN1. The zero-order valence-electron chi connectivity index (χ0n) is 6.17. The topological polar surface area (TPSA) is 61.0 Å². The number of hydrogen-bond acceptors (Lipinski definition) is 3. The summed E-state index contributed by atoms with van der Waals surface area (Å²) in [6.45, 7) is 0. The van der Waals surface area contributed by atoms with E-state index >= 15 is 0 Å². The second-order valence-corrected chi connectivity index (χ2v) is 3.18. The standard InChI is InChI=1S/C8H7ClN2O/c9-8(10-11-8)7-4-2-1-3-6(7)5-12/h1-5,10-11H. The molecule has 12 heavy (non-hydrogen) atoms. The second-order valence-electron chi connectivity index (χ2n) is 2.61. The first-order chi connectivity index (χ1) is 5.76. The Balaban J connectivity index is 2.48. The lowest BCUT2D eigenvalue weighted by atomic mass is 10.1. The largest absolute Gasteiger partial charge is 0.298 e. The van der Waals surface area contributed by atoms with E-state index in [9.17, 15) is 4.79 Å². The van der Waals surface area contributed by atoms with Gasteiger partial charge in [0.15, 0.2) is 5.12 Å². The van der Waals surface area contributed by atoms with Crippen LogP contribution in [0.25, 0.3) is 0 Å². The van der Waals surface area contributed by atoms with Gasteiger partial charge in [-0.2, -0.15) is 0 Å². The molecular formula is C8H7ClN2O. The number of hydrogen-bond donors (Lipinski definition) is 2. The van der Waals surface area contributed by atoms with Crippen LogP contribution in [0.5, 0.6) is 0 Å². The minimum atomic E-state index is -0.725. The van der Waals surface area contributed by atoms with Crippen LogP contribution in [0, 0.1) is 0 Å². The van der Waals surface area contributed by atoms with Crippen molar-refractivity contribution in [1.29, 1.82) is 0 Å². The number of carbonyl (C=O) groups excluding carboxylic acids is 1. The van der Waals surface area contributed by atoms with E-state index in [-0.39, 0.29) is 0 Å². The highest BCUT2D eigenvalue weighted by Gasteiger charge is 2.42. The van der Waals surface area contributed by atoms with Crippen molar-refractivity contribution in [1.82, 2.24) is 10.9 Å². The van der Waals surface area contributed by atoms with Crippen molar-refractivity contribution in [2.24, 2.45) is 0 Å². The molecule has 62 valence electrons. The average molecular weight is 183 g/mol. The number of halogens is 1. The molecule has 1 aliphatic rings. The molecule has 0 amide bonds. The molecule has 0 radical (unpaired) electrons. The number of nitrogens with one attached hydrogen (secondary N) is 2. The molecule has 0 bridgehead atoms.